The molecule has 0 aliphatic rings. The third-order valence-corrected chi connectivity index (χ3v) is 3.38. The van der Waals surface area contributed by atoms with E-state index in [0.717, 1.165) is 0 Å². The summed E-state index contributed by atoms with van der Waals surface area (Å²) < 4.78 is 28.2. The molecule has 19 heavy (non-hydrogen) atoms. The number of hydrogen-bond donors (Lipinski definition) is 1. The summed E-state index contributed by atoms with van der Waals surface area (Å²) in [6.07, 6.45) is 0.514. The third kappa shape index (κ3) is 4.33. The average Bonchev–Trinajstić information content (AvgIpc) is 2.24. The first kappa shape index (κ1) is 15.7. The second-order valence-corrected chi connectivity index (χ2v) is 6.75. The second kappa shape index (κ2) is 5.30. The van der Waals surface area contributed by atoms with Gasteiger partial charge in [-0.2, -0.15) is 0 Å². The number of primary sulfonamides is 1. The number of ether oxygens (including phenoxy) is 1. The summed E-state index contributed by atoms with van der Waals surface area (Å²) in [5.41, 5.74) is 0.119. The third-order valence-electron chi connectivity index (χ3n) is 2.39. The van der Waals surface area contributed by atoms with Crippen molar-refractivity contribution in [3.63, 3.8) is 0 Å². The van der Waals surface area contributed by atoms with Crippen LogP contribution >= 0.6 is 0 Å². The summed E-state index contributed by atoms with van der Waals surface area (Å²) in [6, 6.07) is 4.39. The molecule has 2 N–H and O–H groups in total. The minimum absolute atomic E-state index is 0.0293. The Morgan fingerprint density at radius 1 is 1.32 bits per heavy atom. The number of carbonyl (C=O) groups excluding carboxylic acids is 1. The van der Waals surface area contributed by atoms with Crippen molar-refractivity contribution in [2.45, 2.75) is 44.6 Å². The van der Waals surface area contributed by atoms with E-state index >= 15 is 0 Å². The van der Waals surface area contributed by atoms with E-state index in [1.807, 2.05) is 6.92 Å². The number of nitrogens with two attached hydrogens (primary N) is 1. The van der Waals surface area contributed by atoms with Gasteiger partial charge in [-0.3, -0.25) is 0 Å². The quantitative estimate of drug-likeness (QED) is 0.859. The van der Waals surface area contributed by atoms with E-state index in [4.69, 9.17) is 9.88 Å². The number of benzene rings is 1. The smallest absolute Gasteiger partial charge is 0.338 e. The van der Waals surface area contributed by atoms with Crippen LogP contribution in [0.3, 0.4) is 0 Å². The average molecular weight is 285 g/mol. The van der Waals surface area contributed by atoms with E-state index in [1.54, 1.807) is 32.9 Å². The highest BCUT2D eigenvalue weighted by atomic mass is 32.2. The zero-order chi connectivity index (χ0) is 14.8. The normalized spacial score (nSPS) is 12.3. The fourth-order valence-corrected chi connectivity index (χ4v) is 2.44. The van der Waals surface area contributed by atoms with Crippen LogP contribution in [-0.4, -0.2) is 20.0 Å². The Labute approximate surface area is 113 Å². The van der Waals surface area contributed by atoms with Crippen LogP contribution in [0.1, 0.15) is 43.6 Å². The summed E-state index contributed by atoms with van der Waals surface area (Å²) in [4.78, 5) is 11.9. The van der Waals surface area contributed by atoms with Crippen LogP contribution in [-0.2, 0) is 21.2 Å². The molecule has 106 valence electrons. The SMILES string of the molecule is CCc1ccc(C(=O)OC(C)(C)C)cc1S(N)(=O)=O. The Bertz CT molecular complexity index is 585. The van der Waals surface area contributed by atoms with E-state index < -0.39 is 21.6 Å². The minimum atomic E-state index is -3.85. The topological polar surface area (TPSA) is 86.5 Å². The molecule has 0 spiro atoms. The van der Waals surface area contributed by atoms with Gasteiger partial charge in [-0.15, -0.1) is 0 Å². The van der Waals surface area contributed by atoms with E-state index in [2.05, 4.69) is 0 Å². The predicted molar refractivity (Wildman–Crippen MR) is 72.4 cm³/mol. The van der Waals surface area contributed by atoms with Crippen LogP contribution in [0.2, 0.25) is 0 Å². The van der Waals surface area contributed by atoms with Crippen molar-refractivity contribution in [3.05, 3.63) is 29.3 Å². The molecule has 6 heteroatoms. The molecule has 0 aliphatic carbocycles. The lowest BCUT2D eigenvalue weighted by Crippen LogP contribution is -2.24. The molecule has 0 heterocycles. The summed E-state index contributed by atoms with van der Waals surface area (Å²) >= 11 is 0. The van der Waals surface area contributed by atoms with E-state index in [-0.39, 0.29) is 10.5 Å². The van der Waals surface area contributed by atoms with Crippen molar-refractivity contribution in [2.24, 2.45) is 5.14 Å². The molecule has 0 aliphatic heterocycles. The maximum absolute atomic E-state index is 11.9. The molecule has 0 unspecified atom stereocenters. The standard InChI is InChI=1S/C13H19NO4S/c1-5-9-6-7-10(8-11(9)19(14,16)17)12(15)18-13(2,3)4/h6-8H,5H2,1-4H3,(H2,14,16,17). The Hall–Kier alpha value is -1.40. The zero-order valence-electron chi connectivity index (χ0n) is 11.6. The largest absolute Gasteiger partial charge is 0.456 e. The molecular weight excluding hydrogens is 266 g/mol. The Morgan fingerprint density at radius 3 is 2.32 bits per heavy atom. The predicted octanol–water partition coefficient (Wildman–Crippen LogP) is 1.85. The maximum atomic E-state index is 11.9. The lowest BCUT2D eigenvalue weighted by atomic mass is 10.1. The Kier molecular flexibility index (Phi) is 4.37. The van der Waals surface area contributed by atoms with Gasteiger partial charge in [0, 0.05) is 0 Å². The fraction of sp³-hybridized carbons (Fsp3) is 0.462. The van der Waals surface area contributed by atoms with Gasteiger partial charge < -0.3 is 4.74 Å². The molecule has 5 nitrogen and oxygen atoms in total. The van der Waals surface area contributed by atoms with Crippen LogP contribution in [0.15, 0.2) is 23.1 Å². The number of rotatable bonds is 3. The first-order valence-corrected chi connectivity index (χ1v) is 7.48. The highest BCUT2D eigenvalue weighted by molar-refractivity contribution is 7.89. The first-order chi connectivity index (χ1) is 8.54. The lowest BCUT2D eigenvalue weighted by Gasteiger charge is -2.19. The number of aryl methyl sites for hydroxylation is 1. The summed E-state index contributed by atoms with van der Waals surface area (Å²) in [7, 11) is -3.85. The fourth-order valence-electron chi connectivity index (χ4n) is 1.58. The van der Waals surface area contributed by atoms with Crippen molar-refractivity contribution >= 4 is 16.0 Å². The number of hydrogen-bond acceptors (Lipinski definition) is 4. The molecule has 0 atom stereocenters. The van der Waals surface area contributed by atoms with Gasteiger partial charge in [-0.25, -0.2) is 18.4 Å². The maximum Gasteiger partial charge on any atom is 0.338 e. The van der Waals surface area contributed by atoms with Crippen molar-refractivity contribution in [2.75, 3.05) is 0 Å². The first-order valence-electron chi connectivity index (χ1n) is 5.93. The van der Waals surface area contributed by atoms with Crippen molar-refractivity contribution in [1.29, 1.82) is 0 Å². The second-order valence-electron chi connectivity index (χ2n) is 5.22. The lowest BCUT2D eigenvalue weighted by molar-refractivity contribution is 0.00692. The van der Waals surface area contributed by atoms with Gasteiger partial charge >= 0.3 is 5.97 Å². The minimum Gasteiger partial charge on any atom is -0.456 e. The van der Waals surface area contributed by atoms with Gasteiger partial charge in [0.05, 0.1) is 10.5 Å². The van der Waals surface area contributed by atoms with Crippen molar-refractivity contribution in [1.82, 2.24) is 0 Å². The highest BCUT2D eigenvalue weighted by Gasteiger charge is 2.21. The molecule has 0 fully saturated rings. The van der Waals surface area contributed by atoms with Gasteiger partial charge in [0.2, 0.25) is 10.0 Å². The molecule has 0 amide bonds. The van der Waals surface area contributed by atoms with Crippen LogP contribution < -0.4 is 5.14 Å². The number of esters is 1. The van der Waals surface area contributed by atoms with Gasteiger partial charge in [-0.05, 0) is 44.9 Å². The molecule has 0 saturated heterocycles. The summed E-state index contributed by atoms with van der Waals surface area (Å²) in [5, 5.41) is 5.15. The van der Waals surface area contributed by atoms with Gasteiger partial charge in [-0.1, -0.05) is 13.0 Å². The number of sulfonamides is 1. The molecule has 0 aromatic heterocycles. The van der Waals surface area contributed by atoms with Crippen molar-refractivity contribution in [3.8, 4) is 0 Å². The van der Waals surface area contributed by atoms with Crippen LogP contribution in [0.25, 0.3) is 0 Å². The molecule has 0 bridgehead atoms. The van der Waals surface area contributed by atoms with Gasteiger partial charge in [0.25, 0.3) is 0 Å². The summed E-state index contributed by atoms with van der Waals surface area (Å²) in [6.45, 7) is 7.04. The molecule has 1 aromatic carbocycles. The molecule has 0 saturated carbocycles. The highest BCUT2D eigenvalue weighted by Crippen LogP contribution is 2.19. The van der Waals surface area contributed by atoms with E-state index in [9.17, 15) is 13.2 Å². The van der Waals surface area contributed by atoms with Gasteiger partial charge in [0.1, 0.15) is 5.60 Å². The Balaban J connectivity index is 3.23. The van der Waals surface area contributed by atoms with E-state index in [0.29, 0.717) is 12.0 Å². The number of carbonyl (C=O) groups is 1. The van der Waals surface area contributed by atoms with Crippen LogP contribution in [0.4, 0.5) is 0 Å². The molecule has 1 aromatic rings. The monoisotopic (exact) mass is 285 g/mol. The molecular formula is C13H19NO4S. The zero-order valence-corrected chi connectivity index (χ0v) is 12.4. The van der Waals surface area contributed by atoms with Gasteiger partial charge in [0.15, 0.2) is 0 Å². The molecule has 1 rings (SSSR count). The van der Waals surface area contributed by atoms with Crippen molar-refractivity contribution < 1.29 is 17.9 Å². The summed E-state index contributed by atoms with van der Waals surface area (Å²) in [5.74, 6) is -0.569. The van der Waals surface area contributed by atoms with E-state index in [1.165, 1.54) is 6.07 Å². The molecule has 0 radical (unpaired) electrons. The van der Waals surface area contributed by atoms with Crippen LogP contribution in [0, 0.1) is 0 Å². The van der Waals surface area contributed by atoms with Crippen LogP contribution in [0.5, 0.6) is 0 Å². The Morgan fingerprint density at radius 2 is 1.89 bits per heavy atom.